The molecule has 0 unspecified atom stereocenters. The Hall–Kier alpha value is -0.810. The average Bonchev–Trinajstić information content (AvgIpc) is 2.48. The first-order valence-corrected chi connectivity index (χ1v) is 8.97. The zero-order valence-electron chi connectivity index (χ0n) is 11.8. The third-order valence-corrected chi connectivity index (χ3v) is 5.80. The molecule has 5 heteroatoms. The molecule has 1 atom stereocenters. The van der Waals surface area contributed by atoms with Crippen LogP contribution in [0.2, 0.25) is 0 Å². The molecule has 0 radical (unpaired) electrons. The molecule has 0 aromatic heterocycles. The molecule has 0 heterocycles. The van der Waals surface area contributed by atoms with Gasteiger partial charge in [-0.05, 0) is 25.0 Å². The van der Waals surface area contributed by atoms with Gasteiger partial charge < -0.3 is 5.11 Å². The van der Waals surface area contributed by atoms with E-state index in [1.54, 1.807) is 24.3 Å². The van der Waals surface area contributed by atoms with Gasteiger partial charge in [-0.1, -0.05) is 47.3 Å². The molecule has 1 aliphatic carbocycles. The molecule has 1 aromatic rings. The first-order valence-electron chi connectivity index (χ1n) is 7.23. The number of rotatable bonds is 6. The van der Waals surface area contributed by atoms with Crippen molar-refractivity contribution in [2.45, 2.75) is 49.0 Å². The molecule has 1 N–H and O–H groups in total. The van der Waals surface area contributed by atoms with Crippen LogP contribution in [0.15, 0.2) is 28.7 Å². The number of aliphatic carboxylic acids is 1. The molecule has 2 rings (SSSR count). The third kappa shape index (κ3) is 5.15. The molecule has 114 valence electrons. The minimum atomic E-state index is -0.879. The standard InChI is InChI=1S/C16H19BrO3S/c17-12-8-6-11(7-9-12)14(18)10-15(16(19)20)21-13-4-2-1-3-5-13/h6-9,13,15H,1-5,10H2,(H,19,20)/t15-/m1/s1. The van der Waals surface area contributed by atoms with Crippen molar-refractivity contribution < 1.29 is 14.7 Å². The Morgan fingerprint density at radius 2 is 1.81 bits per heavy atom. The van der Waals surface area contributed by atoms with Crippen LogP contribution in [0.5, 0.6) is 0 Å². The molecule has 0 aliphatic heterocycles. The van der Waals surface area contributed by atoms with Crippen LogP contribution in [0, 0.1) is 0 Å². The molecule has 1 saturated carbocycles. The van der Waals surface area contributed by atoms with Gasteiger partial charge in [-0.2, -0.15) is 0 Å². The number of hydrogen-bond acceptors (Lipinski definition) is 3. The van der Waals surface area contributed by atoms with Crippen molar-refractivity contribution in [3.63, 3.8) is 0 Å². The SMILES string of the molecule is O=C(C[C@@H](SC1CCCCC1)C(=O)O)c1ccc(Br)cc1. The third-order valence-electron chi connectivity index (χ3n) is 3.72. The number of thioether (sulfide) groups is 1. The Balaban J connectivity index is 1.96. The smallest absolute Gasteiger partial charge is 0.317 e. The molecular formula is C16H19BrO3S. The first kappa shape index (κ1) is 16.6. The fraction of sp³-hybridized carbons (Fsp3) is 0.500. The Labute approximate surface area is 137 Å². The summed E-state index contributed by atoms with van der Waals surface area (Å²) < 4.78 is 0.908. The fourth-order valence-corrected chi connectivity index (χ4v) is 4.25. The molecule has 3 nitrogen and oxygen atoms in total. The van der Waals surface area contributed by atoms with Crippen LogP contribution in [0.4, 0.5) is 0 Å². The highest BCUT2D eigenvalue weighted by Gasteiger charge is 2.27. The van der Waals surface area contributed by atoms with E-state index in [1.165, 1.54) is 31.0 Å². The molecule has 1 aromatic carbocycles. The molecule has 0 spiro atoms. The van der Waals surface area contributed by atoms with Crippen LogP contribution in [-0.2, 0) is 4.79 Å². The van der Waals surface area contributed by atoms with Gasteiger partial charge in [-0.25, -0.2) is 0 Å². The second kappa shape index (κ2) is 7.99. The minimum absolute atomic E-state index is 0.0676. The second-order valence-electron chi connectivity index (χ2n) is 5.36. The molecule has 0 saturated heterocycles. The lowest BCUT2D eigenvalue weighted by Crippen LogP contribution is -2.24. The molecule has 0 bridgehead atoms. The largest absolute Gasteiger partial charge is 0.480 e. The monoisotopic (exact) mass is 370 g/mol. The number of ketones is 1. The van der Waals surface area contributed by atoms with Crippen molar-refractivity contribution in [2.24, 2.45) is 0 Å². The first-order chi connectivity index (χ1) is 10.1. The quantitative estimate of drug-likeness (QED) is 0.746. The lowest BCUT2D eigenvalue weighted by Gasteiger charge is -2.24. The minimum Gasteiger partial charge on any atom is -0.480 e. The van der Waals surface area contributed by atoms with Gasteiger partial charge in [0, 0.05) is 21.7 Å². The summed E-state index contributed by atoms with van der Waals surface area (Å²) in [4.78, 5) is 23.6. The van der Waals surface area contributed by atoms with Crippen molar-refractivity contribution in [2.75, 3.05) is 0 Å². The summed E-state index contributed by atoms with van der Waals surface area (Å²) in [6, 6.07) is 7.07. The number of Topliss-reactive ketones (excluding diaryl/α,β-unsaturated/α-hetero) is 1. The topological polar surface area (TPSA) is 54.4 Å². The normalized spacial score (nSPS) is 17.4. The van der Waals surface area contributed by atoms with Crippen LogP contribution in [0.25, 0.3) is 0 Å². The summed E-state index contributed by atoms with van der Waals surface area (Å²) in [6.45, 7) is 0. The number of carboxylic acid groups (broad SMARTS) is 1. The van der Waals surface area contributed by atoms with Gasteiger partial charge in [0.1, 0.15) is 5.25 Å². The predicted molar refractivity (Wildman–Crippen MR) is 89.0 cm³/mol. The zero-order valence-corrected chi connectivity index (χ0v) is 14.2. The van der Waals surface area contributed by atoms with Crippen LogP contribution in [0.1, 0.15) is 48.9 Å². The summed E-state index contributed by atoms with van der Waals surface area (Å²) in [5, 5.41) is 9.11. The van der Waals surface area contributed by atoms with Crippen molar-refractivity contribution in [1.29, 1.82) is 0 Å². The van der Waals surface area contributed by atoms with Crippen LogP contribution in [-0.4, -0.2) is 27.4 Å². The molecule has 1 aliphatic rings. The molecule has 0 amide bonds. The maximum atomic E-state index is 12.2. The number of halogens is 1. The number of benzene rings is 1. The number of carbonyl (C=O) groups excluding carboxylic acids is 1. The molecule has 1 fully saturated rings. The highest BCUT2D eigenvalue weighted by atomic mass is 79.9. The van der Waals surface area contributed by atoms with E-state index >= 15 is 0 Å². The van der Waals surface area contributed by atoms with Gasteiger partial charge in [-0.15, -0.1) is 11.8 Å². The number of hydrogen-bond donors (Lipinski definition) is 1. The summed E-state index contributed by atoms with van der Waals surface area (Å²) in [6.07, 6.45) is 5.79. The highest BCUT2D eigenvalue weighted by Crippen LogP contribution is 2.33. The lowest BCUT2D eigenvalue weighted by molar-refractivity contribution is -0.136. The summed E-state index contributed by atoms with van der Waals surface area (Å²) >= 11 is 4.80. The highest BCUT2D eigenvalue weighted by molar-refractivity contribution is 9.10. The van der Waals surface area contributed by atoms with E-state index in [-0.39, 0.29) is 12.2 Å². The van der Waals surface area contributed by atoms with Gasteiger partial charge in [0.2, 0.25) is 0 Å². The molecular weight excluding hydrogens is 352 g/mol. The summed E-state index contributed by atoms with van der Waals surface area (Å²) in [7, 11) is 0. The maximum absolute atomic E-state index is 12.2. The average molecular weight is 371 g/mol. The van der Waals surface area contributed by atoms with E-state index in [4.69, 9.17) is 0 Å². The Bertz CT molecular complexity index is 495. The lowest BCUT2D eigenvalue weighted by atomic mass is 10.0. The van der Waals surface area contributed by atoms with Gasteiger partial charge in [-0.3, -0.25) is 9.59 Å². The second-order valence-corrected chi connectivity index (χ2v) is 7.78. The Morgan fingerprint density at radius 3 is 2.38 bits per heavy atom. The van der Waals surface area contributed by atoms with Crippen LogP contribution < -0.4 is 0 Å². The van der Waals surface area contributed by atoms with E-state index in [9.17, 15) is 14.7 Å². The molecule has 21 heavy (non-hydrogen) atoms. The summed E-state index contributed by atoms with van der Waals surface area (Å²) in [5.41, 5.74) is 0.577. The van der Waals surface area contributed by atoms with Crippen LogP contribution >= 0.6 is 27.7 Å². The van der Waals surface area contributed by atoms with E-state index < -0.39 is 11.2 Å². The van der Waals surface area contributed by atoms with E-state index in [1.807, 2.05) is 0 Å². The van der Waals surface area contributed by atoms with Gasteiger partial charge in [0.25, 0.3) is 0 Å². The van der Waals surface area contributed by atoms with E-state index in [2.05, 4.69) is 15.9 Å². The summed E-state index contributed by atoms with van der Waals surface area (Å²) in [5.74, 6) is -0.978. The van der Waals surface area contributed by atoms with Crippen molar-refractivity contribution >= 4 is 39.4 Å². The van der Waals surface area contributed by atoms with Crippen molar-refractivity contribution in [3.8, 4) is 0 Å². The Kier molecular flexibility index (Phi) is 6.30. The maximum Gasteiger partial charge on any atom is 0.317 e. The van der Waals surface area contributed by atoms with E-state index in [0.29, 0.717) is 10.8 Å². The predicted octanol–water partition coefficient (Wildman–Crippen LogP) is 4.54. The number of carbonyl (C=O) groups is 2. The fourth-order valence-electron chi connectivity index (χ4n) is 2.55. The van der Waals surface area contributed by atoms with Crippen LogP contribution in [0.3, 0.4) is 0 Å². The van der Waals surface area contributed by atoms with Gasteiger partial charge >= 0.3 is 5.97 Å². The number of carboxylic acids is 1. The van der Waals surface area contributed by atoms with Crippen molar-refractivity contribution in [3.05, 3.63) is 34.3 Å². The van der Waals surface area contributed by atoms with Crippen molar-refractivity contribution in [1.82, 2.24) is 0 Å². The van der Waals surface area contributed by atoms with E-state index in [0.717, 1.165) is 17.3 Å². The van der Waals surface area contributed by atoms with Gasteiger partial charge in [0.05, 0.1) is 0 Å². The Morgan fingerprint density at radius 1 is 1.19 bits per heavy atom. The zero-order chi connectivity index (χ0) is 15.2. The van der Waals surface area contributed by atoms with Gasteiger partial charge in [0.15, 0.2) is 5.78 Å².